The second-order valence-electron chi connectivity index (χ2n) is 6.93. The molecule has 132 valence electrons. The molecule has 5 nitrogen and oxygen atoms in total. The van der Waals surface area contributed by atoms with Gasteiger partial charge in [0, 0.05) is 5.39 Å². The van der Waals surface area contributed by atoms with E-state index in [1.54, 1.807) is 0 Å². The first-order valence-corrected chi connectivity index (χ1v) is 7.80. The van der Waals surface area contributed by atoms with Gasteiger partial charge in [-0.05, 0) is 51.4 Å². The van der Waals surface area contributed by atoms with Crippen molar-refractivity contribution >= 4 is 29.5 Å². The standard InChI is InChI=1S/C17H18BF2NO4/c1-16(2)17(3,4)25-18(24-16)9-8-12(15(22)23-5)21-14-11(20)7-6-10(19)13(9)14/h6-8H,1-5H3. The zero-order valence-electron chi connectivity index (χ0n) is 14.6. The van der Waals surface area contributed by atoms with Crippen LogP contribution >= 0.6 is 0 Å². The van der Waals surface area contributed by atoms with Crippen LogP contribution < -0.4 is 5.46 Å². The molecule has 0 bridgehead atoms. The van der Waals surface area contributed by atoms with Gasteiger partial charge in [-0.2, -0.15) is 0 Å². The molecule has 3 rings (SSSR count). The Bertz CT molecular complexity index is 853. The number of fused-ring (bicyclic) bond motifs is 1. The van der Waals surface area contributed by atoms with E-state index < -0.39 is 35.9 Å². The van der Waals surface area contributed by atoms with Gasteiger partial charge in [0.25, 0.3) is 0 Å². The normalized spacial score (nSPS) is 18.6. The molecule has 1 aliphatic rings. The van der Waals surface area contributed by atoms with Gasteiger partial charge < -0.3 is 14.0 Å². The third kappa shape index (κ3) is 2.79. The van der Waals surface area contributed by atoms with Crippen LogP contribution in [0.5, 0.6) is 0 Å². The Morgan fingerprint density at radius 3 is 2.24 bits per heavy atom. The highest BCUT2D eigenvalue weighted by Crippen LogP contribution is 2.37. The predicted molar refractivity (Wildman–Crippen MR) is 88.7 cm³/mol. The van der Waals surface area contributed by atoms with E-state index in [1.807, 2.05) is 27.7 Å². The Kier molecular flexibility index (Phi) is 4.08. The molecular formula is C17H18BF2NO4. The molecule has 25 heavy (non-hydrogen) atoms. The SMILES string of the molecule is COC(=O)c1cc(B2OC(C)(C)C(C)(C)O2)c2c(F)ccc(F)c2n1. The highest BCUT2D eigenvalue weighted by atomic mass is 19.1. The van der Waals surface area contributed by atoms with Crippen LogP contribution in [0.15, 0.2) is 18.2 Å². The molecule has 1 saturated heterocycles. The minimum atomic E-state index is -0.977. The van der Waals surface area contributed by atoms with Crippen LogP contribution in [0.3, 0.4) is 0 Å². The van der Waals surface area contributed by atoms with Crippen molar-refractivity contribution in [3.8, 4) is 0 Å². The molecule has 1 aromatic heterocycles. The molecular weight excluding hydrogens is 331 g/mol. The fourth-order valence-corrected chi connectivity index (χ4v) is 2.66. The lowest BCUT2D eigenvalue weighted by Crippen LogP contribution is -2.41. The zero-order chi connectivity index (χ0) is 18.6. The number of halogens is 2. The lowest BCUT2D eigenvalue weighted by atomic mass is 9.76. The van der Waals surface area contributed by atoms with Gasteiger partial charge in [-0.1, -0.05) is 0 Å². The second-order valence-corrected chi connectivity index (χ2v) is 6.93. The molecule has 0 radical (unpaired) electrons. The van der Waals surface area contributed by atoms with Crippen LogP contribution in [0.4, 0.5) is 8.78 Å². The first kappa shape index (κ1) is 17.8. The number of esters is 1. The van der Waals surface area contributed by atoms with Crippen molar-refractivity contribution in [3.05, 3.63) is 35.5 Å². The molecule has 0 amide bonds. The molecule has 0 aliphatic carbocycles. The first-order chi connectivity index (χ1) is 11.6. The first-order valence-electron chi connectivity index (χ1n) is 7.80. The van der Waals surface area contributed by atoms with Crippen LogP contribution in [-0.2, 0) is 14.0 Å². The minimum Gasteiger partial charge on any atom is -0.464 e. The average molecular weight is 349 g/mol. The minimum absolute atomic E-state index is 0.0776. The molecule has 1 aliphatic heterocycles. The van der Waals surface area contributed by atoms with Crippen LogP contribution in [0.25, 0.3) is 10.9 Å². The summed E-state index contributed by atoms with van der Waals surface area (Å²) in [5.41, 5.74) is -1.58. The molecule has 0 unspecified atom stereocenters. The van der Waals surface area contributed by atoms with E-state index in [2.05, 4.69) is 9.72 Å². The summed E-state index contributed by atoms with van der Waals surface area (Å²) >= 11 is 0. The predicted octanol–water partition coefficient (Wildman–Crippen LogP) is 2.60. The van der Waals surface area contributed by atoms with E-state index in [4.69, 9.17) is 9.31 Å². The molecule has 0 spiro atoms. The Balaban J connectivity index is 2.27. The summed E-state index contributed by atoms with van der Waals surface area (Å²) in [4.78, 5) is 15.8. The van der Waals surface area contributed by atoms with E-state index in [0.29, 0.717) is 0 Å². The fraction of sp³-hybridized carbons (Fsp3) is 0.412. The highest BCUT2D eigenvalue weighted by Gasteiger charge is 2.52. The molecule has 1 aromatic carbocycles. The molecule has 0 atom stereocenters. The van der Waals surface area contributed by atoms with Gasteiger partial charge in [0.15, 0.2) is 0 Å². The van der Waals surface area contributed by atoms with E-state index >= 15 is 0 Å². The Morgan fingerprint density at radius 1 is 1.12 bits per heavy atom. The summed E-state index contributed by atoms with van der Waals surface area (Å²) in [6.45, 7) is 7.37. The summed E-state index contributed by atoms with van der Waals surface area (Å²) in [6.07, 6.45) is 0. The van der Waals surface area contributed by atoms with E-state index in [0.717, 1.165) is 12.1 Å². The van der Waals surface area contributed by atoms with Crippen molar-refractivity contribution in [1.82, 2.24) is 4.98 Å². The molecule has 0 saturated carbocycles. The third-order valence-corrected chi connectivity index (χ3v) is 4.79. The second kappa shape index (κ2) is 5.74. The van der Waals surface area contributed by atoms with Crippen molar-refractivity contribution in [1.29, 1.82) is 0 Å². The van der Waals surface area contributed by atoms with Gasteiger partial charge in [0.2, 0.25) is 0 Å². The quantitative estimate of drug-likeness (QED) is 0.616. The Labute approximate surface area is 144 Å². The van der Waals surface area contributed by atoms with Crippen molar-refractivity contribution in [2.24, 2.45) is 0 Å². The largest absolute Gasteiger partial charge is 0.495 e. The summed E-state index contributed by atoms with van der Waals surface area (Å²) in [5.74, 6) is -2.19. The van der Waals surface area contributed by atoms with Crippen LogP contribution in [0, 0.1) is 11.6 Å². The summed E-state index contributed by atoms with van der Waals surface area (Å²) in [7, 11) is 0.208. The number of benzene rings is 1. The molecule has 2 aromatic rings. The lowest BCUT2D eigenvalue weighted by molar-refractivity contribution is 0.00578. The maximum absolute atomic E-state index is 14.4. The number of nitrogens with zero attached hydrogens (tertiary/aromatic N) is 1. The Hall–Kier alpha value is -2.06. The number of pyridine rings is 1. The number of aromatic nitrogens is 1. The smallest absolute Gasteiger partial charge is 0.464 e. The summed E-state index contributed by atoms with van der Waals surface area (Å²) in [5, 5.41) is -0.0776. The number of rotatable bonds is 2. The summed E-state index contributed by atoms with van der Waals surface area (Å²) < 4.78 is 45.2. The van der Waals surface area contributed by atoms with Gasteiger partial charge in [-0.25, -0.2) is 18.6 Å². The van der Waals surface area contributed by atoms with Crippen molar-refractivity contribution in [2.75, 3.05) is 7.11 Å². The molecule has 8 heteroatoms. The van der Waals surface area contributed by atoms with Crippen molar-refractivity contribution in [2.45, 2.75) is 38.9 Å². The summed E-state index contributed by atoms with van der Waals surface area (Å²) in [6, 6.07) is 3.28. The van der Waals surface area contributed by atoms with E-state index in [-0.39, 0.29) is 22.1 Å². The van der Waals surface area contributed by atoms with Gasteiger partial charge in [-0.15, -0.1) is 0 Å². The lowest BCUT2D eigenvalue weighted by Gasteiger charge is -2.32. The number of hydrogen-bond acceptors (Lipinski definition) is 5. The van der Waals surface area contributed by atoms with Crippen LogP contribution in [-0.4, -0.2) is 36.4 Å². The maximum Gasteiger partial charge on any atom is 0.495 e. The van der Waals surface area contributed by atoms with Crippen molar-refractivity contribution < 1.29 is 27.6 Å². The van der Waals surface area contributed by atoms with Gasteiger partial charge in [0.1, 0.15) is 22.8 Å². The fourth-order valence-electron chi connectivity index (χ4n) is 2.66. The van der Waals surface area contributed by atoms with Gasteiger partial charge in [0.05, 0.1) is 18.3 Å². The number of hydrogen-bond donors (Lipinski definition) is 0. The zero-order valence-corrected chi connectivity index (χ0v) is 14.6. The maximum atomic E-state index is 14.4. The molecule has 1 fully saturated rings. The number of methoxy groups -OCH3 is 1. The van der Waals surface area contributed by atoms with Crippen LogP contribution in [0.2, 0.25) is 0 Å². The van der Waals surface area contributed by atoms with Gasteiger partial charge >= 0.3 is 13.1 Å². The highest BCUT2D eigenvalue weighted by molar-refractivity contribution is 6.65. The van der Waals surface area contributed by atoms with Crippen LogP contribution in [0.1, 0.15) is 38.2 Å². The van der Waals surface area contributed by atoms with E-state index in [1.165, 1.54) is 13.2 Å². The topological polar surface area (TPSA) is 57.7 Å². The van der Waals surface area contributed by atoms with Gasteiger partial charge in [-0.3, -0.25) is 0 Å². The average Bonchev–Trinajstić information content (AvgIpc) is 2.77. The molecule has 0 N–H and O–H groups in total. The Morgan fingerprint density at radius 2 is 1.68 bits per heavy atom. The van der Waals surface area contributed by atoms with Crippen molar-refractivity contribution in [3.63, 3.8) is 0 Å². The monoisotopic (exact) mass is 349 g/mol. The van der Waals surface area contributed by atoms with E-state index in [9.17, 15) is 13.6 Å². The number of carbonyl (C=O) groups excluding carboxylic acids is 1. The number of ether oxygens (including phenoxy) is 1. The molecule has 2 heterocycles. The third-order valence-electron chi connectivity index (χ3n) is 4.79. The number of carbonyl (C=O) groups is 1.